The van der Waals surface area contributed by atoms with Gasteiger partial charge in [-0.25, -0.2) is 8.42 Å². The molecule has 0 saturated heterocycles. The number of hydrogen-bond donors (Lipinski definition) is 1. The first kappa shape index (κ1) is 24.8. The summed E-state index contributed by atoms with van der Waals surface area (Å²) in [5.74, 6) is 0.730. The number of hydrogen-bond acceptors (Lipinski definition) is 5. The molecule has 0 aliphatic carbocycles. The van der Waals surface area contributed by atoms with Crippen LogP contribution in [-0.4, -0.2) is 46.9 Å². The number of halogens is 1. The molecule has 0 aliphatic heterocycles. The van der Waals surface area contributed by atoms with E-state index >= 15 is 0 Å². The molecule has 0 aromatic heterocycles. The third kappa shape index (κ3) is 6.77. The summed E-state index contributed by atoms with van der Waals surface area (Å²) < 4.78 is 37.0. The predicted octanol–water partition coefficient (Wildman–Crippen LogP) is 3.71. The highest BCUT2D eigenvalue weighted by atomic mass is 35.5. The van der Waals surface area contributed by atoms with Gasteiger partial charge in [0.25, 0.3) is 0 Å². The van der Waals surface area contributed by atoms with Gasteiger partial charge in [-0.2, -0.15) is 0 Å². The molecule has 0 fully saturated rings. The molecule has 0 saturated carbocycles. The molecular weight excluding hydrogens is 440 g/mol. The number of nitrogens with zero attached hydrogens (tertiary/aromatic N) is 1. The number of methoxy groups -OCH3 is 1. The highest BCUT2D eigenvalue weighted by Gasteiger charge is 2.31. The van der Waals surface area contributed by atoms with E-state index in [9.17, 15) is 13.2 Å². The molecule has 1 atom stereocenters. The summed E-state index contributed by atoms with van der Waals surface area (Å²) in [4.78, 5) is 12.8. The van der Waals surface area contributed by atoms with Gasteiger partial charge in [0, 0.05) is 0 Å². The van der Waals surface area contributed by atoms with Gasteiger partial charge in [-0.05, 0) is 61.7 Å². The van der Waals surface area contributed by atoms with Crippen molar-refractivity contribution in [2.75, 3.05) is 30.8 Å². The molecule has 31 heavy (non-hydrogen) atoms. The predicted molar refractivity (Wildman–Crippen MR) is 124 cm³/mol. The molecule has 0 heterocycles. The van der Waals surface area contributed by atoms with Crippen LogP contribution in [0.15, 0.2) is 36.4 Å². The van der Waals surface area contributed by atoms with E-state index < -0.39 is 22.0 Å². The van der Waals surface area contributed by atoms with Gasteiger partial charge in [0.1, 0.15) is 24.1 Å². The van der Waals surface area contributed by atoms with Crippen molar-refractivity contribution >= 4 is 33.2 Å². The van der Waals surface area contributed by atoms with Gasteiger partial charge < -0.3 is 14.8 Å². The van der Waals surface area contributed by atoms with E-state index in [-0.39, 0.29) is 24.6 Å². The van der Waals surface area contributed by atoms with Crippen LogP contribution in [-0.2, 0) is 14.8 Å². The lowest BCUT2D eigenvalue weighted by Crippen LogP contribution is -2.50. The van der Waals surface area contributed by atoms with Gasteiger partial charge in [0.2, 0.25) is 15.9 Å². The highest BCUT2D eigenvalue weighted by molar-refractivity contribution is 7.92. The largest absolute Gasteiger partial charge is 0.495 e. The second-order valence-corrected chi connectivity index (χ2v) is 9.53. The summed E-state index contributed by atoms with van der Waals surface area (Å²) >= 11 is 6.17. The van der Waals surface area contributed by atoms with Crippen molar-refractivity contribution < 1.29 is 22.7 Å². The van der Waals surface area contributed by atoms with Crippen molar-refractivity contribution in [1.29, 1.82) is 0 Å². The van der Waals surface area contributed by atoms with Crippen molar-refractivity contribution in [3.05, 3.63) is 52.5 Å². The Balaban J connectivity index is 2.10. The summed E-state index contributed by atoms with van der Waals surface area (Å²) in [6.07, 6.45) is 1.34. The van der Waals surface area contributed by atoms with E-state index in [2.05, 4.69) is 5.32 Å². The molecule has 2 rings (SSSR count). The molecule has 2 aromatic rings. The molecule has 0 radical (unpaired) electrons. The molecule has 1 amide bonds. The Morgan fingerprint density at radius 3 is 2.32 bits per heavy atom. The zero-order valence-electron chi connectivity index (χ0n) is 18.4. The third-order valence-electron chi connectivity index (χ3n) is 4.58. The van der Waals surface area contributed by atoms with Gasteiger partial charge in [0.15, 0.2) is 0 Å². The van der Waals surface area contributed by atoms with Crippen LogP contribution in [0.4, 0.5) is 5.69 Å². The minimum atomic E-state index is -3.75. The average molecular weight is 469 g/mol. The Bertz CT molecular complexity index is 1010. The van der Waals surface area contributed by atoms with E-state index in [4.69, 9.17) is 21.1 Å². The molecular formula is C22H29ClN2O5S. The Kier molecular flexibility index (Phi) is 8.59. The van der Waals surface area contributed by atoms with Crippen LogP contribution in [0.1, 0.15) is 24.5 Å². The lowest BCUT2D eigenvalue weighted by atomic mass is 10.1. The number of benzene rings is 2. The van der Waals surface area contributed by atoms with E-state index in [0.29, 0.717) is 11.4 Å². The van der Waals surface area contributed by atoms with Crippen molar-refractivity contribution in [3.8, 4) is 11.5 Å². The summed E-state index contributed by atoms with van der Waals surface area (Å²) in [5, 5.41) is 3.02. The van der Waals surface area contributed by atoms with E-state index in [1.807, 2.05) is 32.0 Å². The van der Waals surface area contributed by atoms with Crippen LogP contribution < -0.4 is 19.1 Å². The van der Waals surface area contributed by atoms with Gasteiger partial charge in [0.05, 0.1) is 30.6 Å². The van der Waals surface area contributed by atoms with Crippen LogP contribution in [0.5, 0.6) is 11.5 Å². The number of amides is 1. The van der Waals surface area contributed by atoms with Crippen molar-refractivity contribution in [1.82, 2.24) is 5.32 Å². The average Bonchev–Trinajstić information content (AvgIpc) is 2.67. The quantitative estimate of drug-likeness (QED) is 0.537. The second kappa shape index (κ2) is 10.7. The van der Waals surface area contributed by atoms with E-state index in [1.54, 1.807) is 19.1 Å². The van der Waals surface area contributed by atoms with Gasteiger partial charge >= 0.3 is 0 Å². The molecule has 9 heteroatoms. The maximum absolute atomic E-state index is 12.8. The zero-order chi connectivity index (χ0) is 23.2. The first-order valence-electron chi connectivity index (χ1n) is 9.88. The van der Waals surface area contributed by atoms with Crippen LogP contribution >= 0.6 is 11.6 Å². The fourth-order valence-electron chi connectivity index (χ4n) is 3.33. The maximum atomic E-state index is 12.8. The highest BCUT2D eigenvalue weighted by Crippen LogP contribution is 2.31. The molecule has 0 bridgehead atoms. The monoisotopic (exact) mass is 468 g/mol. The number of anilines is 1. The van der Waals surface area contributed by atoms with E-state index in [0.717, 1.165) is 27.4 Å². The lowest BCUT2D eigenvalue weighted by Gasteiger charge is -2.30. The normalized spacial score (nSPS) is 12.2. The maximum Gasteiger partial charge on any atom is 0.244 e. The second-order valence-electron chi connectivity index (χ2n) is 7.26. The SMILES string of the molecule is CCC(C(=O)NCCOc1cc(C)cc(C)c1)N(c1ccc(OC)c(Cl)c1)S(C)(=O)=O. The van der Waals surface area contributed by atoms with Crippen LogP contribution in [0.3, 0.4) is 0 Å². The number of carbonyl (C=O) groups excluding carboxylic acids is 1. The number of carbonyl (C=O) groups is 1. The van der Waals surface area contributed by atoms with Crippen LogP contribution in [0, 0.1) is 13.8 Å². The van der Waals surface area contributed by atoms with Gasteiger partial charge in [-0.15, -0.1) is 0 Å². The zero-order valence-corrected chi connectivity index (χ0v) is 20.0. The smallest absolute Gasteiger partial charge is 0.244 e. The Labute approximate surface area is 189 Å². The van der Waals surface area contributed by atoms with Gasteiger partial charge in [-0.1, -0.05) is 24.6 Å². The minimum Gasteiger partial charge on any atom is -0.495 e. The first-order valence-corrected chi connectivity index (χ1v) is 12.1. The molecule has 2 aromatic carbocycles. The number of aryl methyl sites for hydroxylation is 2. The lowest BCUT2D eigenvalue weighted by molar-refractivity contribution is -0.122. The number of sulfonamides is 1. The first-order chi connectivity index (χ1) is 14.6. The molecule has 1 N–H and O–H groups in total. The number of rotatable bonds is 10. The van der Waals surface area contributed by atoms with Crippen molar-refractivity contribution in [2.45, 2.75) is 33.2 Å². The number of nitrogens with one attached hydrogen (secondary N) is 1. The molecule has 7 nitrogen and oxygen atoms in total. The minimum absolute atomic E-state index is 0.239. The summed E-state index contributed by atoms with van der Waals surface area (Å²) in [6.45, 7) is 6.22. The Morgan fingerprint density at radius 1 is 1.16 bits per heavy atom. The van der Waals surface area contributed by atoms with Crippen LogP contribution in [0.25, 0.3) is 0 Å². The van der Waals surface area contributed by atoms with Crippen LogP contribution in [0.2, 0.25) is 5.02 Å². The summed E-state index contributed by atoms with van der Waals surface area (Å²) in [6, 6.07) is 9.56. The third-order valence-corrected chi connectivity index (χ3v) is 6.06. The molecule has 0 aliphatic rings. The Morgan fingerprint density at radius 2 is 1.81 bits per heavy atom. The summed E-state index contributed by atoms with van der Waals surface area (Å²) in [5.41, 5.74) is 2.47. The van der Waals surface area contributed by atoms with Crippen molar-refractivity contribution in [2.24, 2.45) is 0 Å². The van der Waals surface area contributed by atoms with Gasteiger partial charge in [-0.3, -0.25) is 9.10 Å². The fourth-order valence-corrected chi connectivity index (χ4v) is 4.79. The molecule has 0 spiro atoms. The Hall–Kier alpha value is -2.45. The number of ether oxygens (including phenoxy) is 2. The summed E-state index contributed by atoms with van der Waals surface area (Å²) in [7, 11) is -2.28. The molecule has 1 unspecified atom stereocenters. The van der Waals surface area contributed by atoms with E-state index in [1.165, 1.54) is 13.2 Å². The topological polar surface area (TPSA) is 84.9 Å². The standard InChI is InChI=1S/C22H29ClN2O5S/c1-6-20(22(26)24-9-10-30-18-12-15(2)11-16(3)13-18)25(31(5,27)28)17-7-8-21(29-4)19(23)14-17/h7-8,11-14,20H,6,9-10H2,1-5H3,(H,24,26). The van der Waals surface area contributed by atoms with Crippen molar-refractivity contribution in [3.63, 3.8) is 0 Å². The fraction of sp³-hybridized carbons (Fsp3) is 0.409. The molecule has 170 valence electrons.